The van der Waals surface area contributed by atoms with E-state index >= 15 is 0 Å². The minimum Gasteiger partial charge on any atom is -0.495 e. The monoisotopic (exact) mass is 624 g/mol. The van der Waals surface area contributed by atoms with E-state index < -0.39 is 12.0 Å². The maximum atomic E-state index is 13.7. The van der Waals surface area contributed by atoms with Crippen molar-refractivity contribution in [2.24, 2.45) is 4.99 Å². The van der Waals surface area contributed by atoms with Crippen molar-refractivity contribution in [3.05, 3.63) is 92.5 Å². The number of nitrogens with zero attached hydrogens (tertiary/aromatic N) is 2. The Morgan fingerprint density at radius 3 is 2.62 bits per heavy atom. The predicted molar refractivity (Wildman–Crippen MR) is 140 cm³/mol. The maximum absolute atomic E-state index is 13.7. The lowest BCUT2D eigenvalue weighted by molar-refractivity contribution is -0.139. The van der Waals surface area contributed by atoms with E-state index in [1.165, 1.54) is 11.3 Å². The summed E-state index contributed by atoms with van der Waals surface area (Å²) in [7, 11) is 1.57. The van der Waals surface area contributed by atoms with Crippen molar-refractivity contribution in [3.8, 4) is 5.75 Å². The highest BCUT2D eigenvalue weighted by molar-refractivity contribution is 9.11. The molecule has 0 saturated heterocycles. The molecule has 2 heterocycles. The molecule has 3 aromatic rings. The first kappa shape index (κ1) is 24.9. The Morgan fingerprint density at radius 1 is 1.26 bits per heavy atom. The van der Waals surface area contributed by atoms with Crippen molar-refractivity contribution in [2.75, 3.05) is 13.7 Å². The number of esters is 1. The summed E-state index contributed by atoms with van der Waals surface area (Å²) in [6, 6.07) is 10.1. The van der Waals surface area contributed by atoms with Crippen molar-refractivity contribution >= 4 is 66.8 Å². The molecule has 0 spiro atoms. The highest BCUT2D eigenvalue weighted by Gasteiger charge is 2.33. The van der Waals surface area contributed by atoms with E-state index in [1.807, 2.05) is 12.1 Å². The van der Waals surface area contributed by atoms with Crippen LogP contribution in [0.2, 0.25) is 5.02 Å². The fraction of sp³-hybridized carbons (Fsp3) is 0.208. The van der Waals surface area contributed by atoms with Crippen molar-refractivity contribution in [3.63, 3.8) is 0 Å². The summed E-state index contributed by atoms with van der Waals surface area (Å²) in [5.41, 5.74) is 2.02. The normalized spacial score (nSPS) is 15.7. The van der Waals surface area contributed by atoms with Crippen LogP contribution in [0.15, 0.2) is 66.4 Å². The van der Waals surface area contributed by atoms with Crippen LogP contribution >= 0.6 is 54.8 Å². The summed E-state index contributed by atoms with van der Waals surface area (Å²) in [6.07, 6.45) is 1.76. The van der Waals surface area contributed by atoms with Gasteiger partial charge in [-0.3, -0.25) is 9.36 Å². The first-order valence-corrected chi connectivity index (χ1v) is 13.0. The standard InChI is InChI=1S/C24H19Br2ClN2O4S/c1-4-33-23(31)19-12(2)28-24-29(20(19)13-5-7-16(27)8-6-13)22(30)18(34-24)10-14-9-15(25)11-17(26)21(14)32-3/h5-11,20H,4H2,1-3H3/b18-10-/t20-/m0/s1. The number of ether oxygens (including phenoxy) is 2. The first-order valence-electron chi connectivity index (χ1n) is 10.2. The molecule has 176 valence electrons. The van der Waals surface area contributed by atoms with Crippen LogP contribution in [0, 0.1) is 0 Å². The van der Waals surface area contributed by atoms with E-state index in [1.54, 1.807) is 55.9 Å². The number of methoxy groups -OCH3 is 1. The molecule has 1 aliphatic heterocycles. The zero-order chi connectivity index (χ0) is 24.6. The molecule has 2 aromatic carbocycles. The number of thiazole rings is 1. The van der Waals surface area contributed by atoms with Crippen LogP contribution in [0.25, 0.3) is 6.08 Å². The van der Waals surface area contributed by atoms with Gasteiger partial charge < -0.3 is 9.47 Å². The molecule has 1 aliphatic rings. The van der Waals surface area contributed by atoms with Gasteiger partial charge in [-0.15, -0.1) is 0 Å². The molecule has 0 aliphatic carbocycles. The number of carbonyl (C=O) groups is 1. The molecular weight excluding hydrogens is 608 g/mol. The number of hydrogen-bond donors (Lipinski definition) is 0. The van der Waals surface area contributed by atoms with Crippen LogP contribution in [-0.4, -0.2) is 24.3 Å². The summed E-state index contributed by atoms with van der Waals surface area (Å²) < 4.78 is 14.4. The van der Waals surface area contributed by atoms with Gasteiger partial charge in [0.1, 0.15) is 5.75 Å². The number of fused-ring (bicyclic) bond motifs is 1. The zero-order valence-electron chi connectivity index (χ0n) is 18.4. The van der Waals surface area contributed by atoms with Crippen LogP contribution in [0.1, 0.15) is 31.0 Å². The number of allylic oxidation sites excluding steroid dienone is 1. The van der Waals surface area contributed by atoms with Crippen LogP contribution in [0.3, 0.4) is 0 Å². The molecule has 34 heavy (non-hydrogen) atoms. The molecule has 0 fully saturated rings. The molecule has 0 bridgehead atoms. The molecule has 4 rings (SSSR count). The molecular formula is C24H19Br2ClN2O4S. The minimum atomic E-state index is -0.689. The quantitative estimate of drug-likeness (QED) is 0.375. The van der Waals surface area contributed by atoms with Gasteiger partial charge in [-0.1, -0.05) is 51.0 Å². The SMILES string of the molecule is CCOC(=O)C1=C(C)N=c2s/c(=C\c3cc(Br)cc(Br)c3OC)c(=O)n2[C@H]1c1ccc(Cl)cc1. The Morgan fingerprint density at radius 2 is 1.97 bits per heavy atom. The second-order valence-corrected chi connectivity index (χ2v) is 10.6. The second-order valence-electron chi connectivity index (χ2n) is 7.36. The highest BCUT2D eigenvalue weighted by Crippen LogP contribution is 2.34. The lowest BCUT2D eigenvalue weighted by atomic mass is 9.96. The number of aromatic nitrogens is 1. The third kappa shape index (κ3) is 4.66. The van der Waals surface area contributed by atoms with Crippen molar-refractivity contribution < 1.29 is 14.3 Å². The van der Waals surface area contributed by atoms with E-state index in [0.29, 0.717) is 31.4 Å². The van der Waals surface area contributed by atoms with Gasteiger partial charge in [0.15, 0.2) is 4.80 Å². The third-order valence-corrected chi connectivity index (χ3v) is 7.51. The molecule has 0 N–H and O–H groups in total. The van der Waals surface area contributed by atoms with Crippen LogP contribution in [-0.2, 0) is 9.53 Å². The van der Waals surface area contributed by atoms with Crippen LogP contribution in [0.5, 0.6) is 5.75 Å². The van der Waals surface area contributed by atoms with Crippen LogP contribution in [0.4, 0.5) is 0 Å². The summed E-state index contributed by atoms with van der Waals surface area (Å²) in [5.74, 6) is 0.0993. The van der Waals surface area contributed by atoms with Gasteiger partial charge in [0, 0.05) is 15.1 Å². The van der Waals surface area contributed by atoms with Crippen molar-refractivity contribution in [1.82, 2.24) is 4.57 Å². The van der Waals surface area contributed by atoms with E-state index in [0.717, 1.165) is 20.1 Å². The minimum absolute atomic E-state index is 0.213. The van der Waals surface area contributed by atoms with Crippen molar-refractivity contribution in [2.45, 2.75) is 19.9 Å². The van der Waals surface area contributed by atoms with E-state index in [9.17, 15) is 9.59 Å². The molecule has 10 heteroatoms. The topological polar surface area (TPSA) is 69.9 Å². The van der Waals surface area contributed by atoms with Crippen LogP contribution < -0.4 is 19.6 Å². The largest absolute Gasteiger partial charge is 0.495 e. The molecule has 0 unspecified atom stereocenters. The van der Waals surface area contributed by atoms with Gasteiger partial charge in [0.2, 0.25) is 0 Å². The number of benzene rings is 2. The van der Waals surface area contributed by atoms with Gasteiger partial charge >= 0.3 is 5.97 Å². The fourth-order valence-electron chi connectivity index (χ4n) is 3.80. The lowest BCUT2D eigenvalue weighted by Gasteiger charge is -2.24. The summed E-state index contributed by atoms with van der Waals surface area (Å²) in [4.78, 5) is 31.7. The van der Waals surface area contributed by atoms with Gasteiger partial charge in [-0.2, -0.15) is 0 Å². The zero-order valence-corrected chi connectivity index (χ0v) is 23.1. The number of rotatable bonds is 5. The number of carbonyl (C=O) groups excluding carboxylic acids is 1. The second kappa shape index (κ2) is 10.2. The van der Waals surface area contributed by atoms with E-state index in [-0.39, 0.29) is 12.2 Å². The van der Waals surface area contributed by atoms with E-state index in [2.05, 4.69) is 36.9 Å². The predicted octanol–water partition coefficient (Wildman–Crippen LogP) is 4.99. The first-order chi connectivity index (χ1) is 16.2. The van der Waals surface area contributed by atoms with Gasteiger partial charge in [-0.25, -0.2) is 9.79 Å². The summed E-state index contributed by atoms with van der Waals surface area (Å²) in [5, 5.41) is 0.557. The highest BCUT2D eigenvalue weighted by atomic mass is 79.9. The number of hydrogen-bond acceptors (Lipinski definition) is 6. The number of halogens is 3. The smallest absolute Gasteiger partial charge is 0.338 e. The average molecular weight is 627 g/mol. The Bertz CT molecular complexity index is 1490. The molecule has 0 amide bonds. The Labute approximate surface area is 221 Å². The van der Waals surface area contributed by atoms with Crippen molar-refractivity contribution in [1.29, 1.82) is 0 Å². The summed E-state index contributed by atoms with van der Waals surface area (Å²) in [6.45, 7) is 3.70. The molecule has 0 saturated carbocycles. The summed E-state index contributed by atoms with van der Waals surface area (Å²) >= 11 is 14.3. The van der Waals surface area contributed by atoms with Gasteiger partial charge in [0.05, 0.1) is 40.0 Å². The van der Waals surface area contributed by atoms with Gasteiger partial charge in [0.25, 0.3) is 5.56 Å². The fourth-order valence-corrected chi connectivity index (χ4v) is 6.38. The molecule has 1 atom stereocenters. The molecule has 1 aromatic heterocycles. The van der Waals surface area contributed by atoms with E-state index in [4.69, 9.17) is 21.1 Å². The Hall–Kier alpha value is -2.20. The Kier molecular flexibility index (Phi) is 7.47. The maximum Gasteiger partial charge on any atom is 0.338 e. The lowest BCUT2D eigenvalue weighted by Crippen LogP contribution is -2.39. The van der Waals surface area contributed by atoms with Gasteiger partial charge in [-0.05, 0) is 65.7 Å². The third-order valence-electron chi connectivity index (χ3n) is 5.23. The molecule has 6 nitrogen and oxygen atoms in total. The molecule has 0 radical (unpaired) electrons. The Balaban J connectivity index is 1.99. The average Bonchev–Trinajstić information content (AvgIpc) is 3.08.